The molecule has 1 saturated carbocycles. The van der Waals surface area contributed by atoms with Gasteiger partial charge >= 0.3 is 0 Å². The highest BCUT2D eigenvalue weighted by molar-refractivity contribution is 7.86. The van der Waals surface area contributed by atoms with E-state index in [-0.39, 0.29) is 18.1 Å². The highest BCUT2D eigenvalue weighted by Gasteiger charge is 2.64. The molecule has 1 aliphatic carbocycles. The molecule has 1 aromatic rings. The molecule has 3 aliphatic heterocycles. The van der Waals surface area contributed by atoms with Gasteiger partial charge in [-0.15, -0.1) is 13.2 Å². The van der Waals surface area contributed by atoms with E-state index in [1.165, 1.54) is 12.1 Å². The van der Waals surface area contributed by atoms with Crippen LogP contribution in [0.5, 0.6) is 0 Å². The largest absolute Gasteiger partial charge is 0.369 e. The fraction of sp³-hybridized carbons (Fsp3) is 0.500. The fourth-order valence-electron chi connectivity index (χ4n) is 3.82. The quantitative estimate of drug-likeness (QED) is 0.437. The Balaban J connectivity index is 1.63. The summed E-state index contributed by atoms with van der Waals surface area (Å²) in [6.45, 7) is 8.75. The molecule has 29 heavy (non-hydrogen) atoms. The molecule has 0 amide bonds. The molecule has 8 nitrogen and oxygen atoms in total. The van der Waals surface area contributed by atoms with Crippen molar-refractivity contribution in [2.75, 3.05) is 13.2 Å². The topological polar surface area (TPSA) is 89.5 Å². The van der Waals surface area contributed by atoms with Gasteiger partial charge in [0.2, 0.25) is 0 Å². The lowest BCUT2D eigenvalue weighted by molar-refractivity contribution is -0.482. The number of hydrogen-bond acceptors (Lipinski definition) is 8. The van der Waals surface area contributed by atoms with Gasteiger partial charge in [-0.25, -0.2) is 0 Å². The monoisotopic (exact) mass is 424 g/mol. The lowest BCUT2D eigenvalue weighted by atomic mass is 9.82. The van der Waals surface area contributed by atoms with Crippen molar-refractivity contribution in [1.82, 2.24) is 0 Å². The van der Waals surface area contributed by atoms with Gasteiger partial charge in [0.25, 0.3) is 16.6 Å². The predicted octanol–water partition coefficient (Wildman–Crippen LogP) is 1.69. The van der Waals surface area contributed by atoms with Crippen molar-refractivity contribution in [3.05, 3.63) is 55.1 Å². The smallest absolute Gasteiger partial charge is 0.297 e. The van der Waals surface area contributed by atoms with Gasteiger partial charge < -0.3 is 23.7 Å². The highest BCUT2D eigenvalue weighted by atomic mass is 32.2. The van der Waals surface area contributed by atoms with E-state index in [9.17, 15) is 8.42 Å². The molecule has 0 N–H and O–H groups in total. The standard InChI is InChI=1S/C20H24O8S/c1-4-10-23-14-16-15(24-11-5-2)18-19(17(14)26-20(25-16)27-18)28-29(21,22)13-8-6-12(3)7-9-13/h4-9,14-20H,1-2,10-11H2,3H3/t14-,15+,16?,17-,18+,19?,20?. The maximum absolute atomic E-state index is 12.9. The number of rotatable bonds is 9. The zero-order chi connectivity index (χ0) is 20.6. The van der Waals surface area contributed by atoms with Crippen molar-refractivity contribution < 1.29 is 36.3 Å². The lowest BCUT2D eigenvalue weighted by Crippen LogP contribution is -2.76. The summed E-state index contributed by atoms with van der Waals surface area (Å²) in [4.78, 5) is 0.0558. The van der Waals surface area contributed by atoms with E-state index >= 15 is 0 Å². The van der Waals surface area contributed by atoms with E-state index in [0.717, 1.165) is 5.56 Å². The van der Waals surface area contributed by atoms with Crippen LogP contribution in [0.1, 0.15) is 5.56 Å². The van der Waals surface area contributed by atoms with E-state index in [4.69, 9.17) is 27.9 Å². The molecule has 3 unspecified atom stereocenters. The third kappa shape index (κ3) is 3.91. The van der Waals surface area contributed by atoms with Crippen LogP contribution in [-0.2, 0) is 38.0 Å². The van der Waals surface area contributed by atoms with Gasteiger partial charge in [0, 0.05) is 0 Å². The van der Waals surface area contributed by atoms with E-state index in [2.05, 4.69) is 13.2 Å². The average Bonchev–Trinajstić information content (AvgIpc) is 2.70. The van der Waals surface area contributed by atoms with Gasteiger partial charge in [-0.2, -0.15) is 8.42 Å². The highest BCUT2D eigenvalue weighted by Crippen LogP contribution is 2.44. The Morgan fingerprint density at radius 1 is 0.897 bits per heavy atom. The van der Waals surface area contributed by atoms with Gasteiger partial charge in [0.1, 0.15) is 36.6 Å². The van der Waals surface area contributed by atoms with Crippen molar-refractivity contribution >= 4 is 10.1 Å². The Kier molecular flexibility index (Phi) is 5.90. The molecule has 3 saturated heterocycles. The molecule has 0 radical (unpaired) electrons. The van der Waals surface area contributed by atoms with Crippen LogP contribution in [0, 0.1) is 6.92 Å². The number of aryl methyl sites for hydroxylation is 1. The zero-order valence-corrected chi connectivity index (χ0v) is 16.8. The van der Waals surface area contributed by atoms with Crippen molar-refractivity contribution in [3.8, 4) is 0 Å². The Morgan fingerprint density at radius 3 is 1.86 bits per heavy atom. The summed E-state index contributed by atoms with van der Waals surface area (Å²) >= 11 is 0. The van der Waals surface area contributed by atoms with Crippen molar-refractivity contribution in [3.63, 3.8) is 0 Å². The number of hydrogen-bond donors (Lipinski definition) is 0. The summed E-state index contributed by atoms with van der Waals surface area (Å²) in [5, 5.41) is 0. The molecule has 5 rings (SSSR count). The molecule has 4 bridgehead atoms. The van der Waals surface area contributed by atoms with Gasteiger partial charge in [-0.3, -0.25) is 4.18 Å². The molecule has 7 atom stereocenters. The van der Waals surface area contributed by atoms with Crippen LogP contribution in [0.4, 0.5) is 0 Å². The third-order valence-electron chi connectivity index (χ3n) is 5.11. The van der Waals surface area contributed by atoms with Crippen LogP contribution < -0.4 is 0 Å². The average molecular weight is 424 g/mol. The van der Waals surface area contributed by atoms with Gasteiger partial charge in [-0.05, 0) is 19.1 Å². The summed E-state index contributed by atoms with van der Waals surface area (Å²) in [7, 11) is -4.06. The summed E-state index contributed by atoms with van der Waals surface area (Å²) in [5.74, 6) is 0. The Bertz CT molecular complexity index is 822. The Labute approximate surface area is 170 Å². The second kappa shape index (κ2) is 8.27. The maximum atomic E-state index is 12.9. The SMILES string of the molecule is C=CCO[C@@H]1C2OC3O[C@H](C(OS(=O)(=O)c4ccc(C)cc4)[C@@H]1O3)[C@H]2OCC=C. The predicted molar refractivity (Wildman–Crippen MR) is 102 cm³/mol. The summed E-state index contributed by atoms with van der Waals surface area (Å²) in [5.41, 5.74) is 0.943. The first-order valence-corrected chi connectivity index (χ1v) is 10.8. The molecule has 9 heteroatoms. The lowest BCUT2D eigenvalue weighted by Gasteiger charge is -2.58. The summed E-state index contributed by atoms with van der Waals surface area (Å²) < 4.78 is 60.3. The van der Waals surface area contributed by atoms with Crippen LogP contribution >= 0.6 is 0 Å². The minimum atomic E-state index is -4.06. The minimum Gasteiger partial charge on any atom is -0.369 e. The molecule has 4 fully saturated rings. The van der Waals surface area contributed by atoms with Crippen LogP contribution in [0.3, 0.4) is 0 Å². The maximum Gasteiger partial charge on any atom is 0.297 e. The summed E-state index contributed by atoms with van der Waals surface area (Å²) in [6, 6.07) is 6.42. The van der Waals surface area contributed by atoms with Gasteiger partial charge in [-0.1, -0.05) is 29.8 Å². The van der Waals surface area contributed by atoms with Gasteiger partial charge in [0.15, 0.2) is 0 Å². The number of benzene rings is 1. The first kappa shape index (κ1) is 20.7. The van der Waals surface area contributed by atoms with Gasteiger partial charge in [0.05, 0.1) is 18.1 Å². The first-order valence-electron chi connectivity index (χ1n) is 9.36. The molecule has 1 aromatic carbocycles. The fourth-order valence-corrected chi connectivity index (χ4v) is 4.91. The molecule has 4 aliphatic rings. The van der Waals surface area contributed by atoms with E-state index in [1.807, 2.05) is 6.92 Å². The molecule has 3 heterocycles. The van der Waals surface area contributed by atoms with Crippen LogP contribution in [0.15, 0.2) is 54.5 Å². The third-order valence-corrected chi connectivity index (χ3v) is 6.43. The first-order chi connectivity index (χ1) is 13.9. The van der Waals surface area contributed by atoms with Crippen LogP contribution in [0.25, 0.3) is 0 Å². The Morgan fingerprint density at radius 2 is 1.38 bits per heavy atom. The second-order valence-corrected chi connectivity index (χ2v) is 8.66. The minimum absolute atomic E-state index is 0.0558. The Hall–Kier alpha value is -1.59. The van der Waals surface area contributed by atoms with E-state index < -0.39 is 53.2 Å². The molecule has 0 spiro atoms. The normalized spacial score (nSPS) is 35.6. The second-order valence-electron chi connectivity index (χ2n) is 7.09. The van der Waals surface area contributed by atoms with Crippen molar-refractivity contribution in [1.29, 1.82) is 0 Å². The number of ether oxygens (including phenoxy) is 5. The molecule has 158 valence electrons. The van der Waals surface area contributed by atoms with Crippen LogP contribution in [0.2, 0.25) is 0 Å². The molecule has 0 aromatic heterocycles. The van der Waals surface area contributed by atoms with E-state index in [0.29, 0.717) is 0 Å². The molecular formula is C20H24O8S. The van der Waals surface area contributed by atoms with Crippen molar-refractivity contribution in [2.24, 2.45) is 0 Å². The van der Waals surface area contributed by atoms with E-state index in [1.54, 1.807) is 24.3 Å². The summed E-state index contributed by atoms with van der Waals surface area (Å²) in [6.07, 6.45) is -0.834. The van der Waals surface area contributed by atoms with Crippen LogP contribution in [-0.4, -0.2) is 64.7 Å². The zero-order valence-electron chi connectivity index (χ0n) is 16.0. The molecular weight excluding hydrogens is 400 g/mol. The van der Waals surface area contributed by atoms with Crippen molar-refractivity contribution in [2.45, 2.75) is 54.9 Å².